The van der Waals surface area contributed by atoms with Crippen molar-refractivity contribution in [3.63, 3.8) is 0 Å². The van der Waals surface area contributed by atoms with Crippen molar-refractivity contribution in [3.8, 4) is 0 Å². The summed E-state index contributed by atoms with van der Waals surface area (Å²) in [6.45, 7) is 22.2. The molecule has 1 aliphatic rings. The van der Waals surface area contributed by atoms with E-state index < -0.39 is 0 Å². The quantitative estimate of drug-likeness (QED) is 0.674. The molecule has 0 amide bonds. The molecule has 0 unspecified atom stereocenters. The van der Waals surface area contributed by atoms with Gasteiger partial charge in [0, 0.05) is 39.3 Å². The zero-order valence-corrected chi connectivity index (χ0v) is 15.1. The highest BCUT2D eigenvalue weighted by Crippen LogP contribution is 2.12. The van der Waals surface area contributed by atoms with Gasteiger partial charge in [-0.1, -0.05) is 20.8 Å². The average Bonchev–Trinajstić information content (AvgIpc) is 2.34. The third-order valence-corrected chi connectivity index (χ3v) is 3.49. The second-order valence-electron chi connectivity index (χ2n) is 8.26. The minimum absolute atomic E-state index is 0.0216. The summed E-state index contributed by atoms with van der Waals surface area (Å²) in [5.74, 6) is 0. The van der Waals surface area contributed by atoms with Crippen LogP contribution in [0.5, 0.6) is 0 Å². The lowest BCUT2D eigenvalue weighted by atomic mass is 9.99. The molecule has 1 fully saturated rings. The van der Waals surface area contributed by atoms with Crippen LogP contribution < -0.4 is 0 Å². The van der Waals surface area contributed by atoms with Crippen LogP contribution >= 0.6 is 0 Å². The third kappa shape index (κ3) is 10.2. The maximum Gasteiger partial charge on any atom is 0.0600 e. The van der Waals surface area contributed by atoms with Crippen LogP contribution in [0.4, 0.5) is 0 Å². The van der Waals surface area contributed by atoms with Crippen molar-refractivity contribution in [1.29, 1.82) is 0 Å². The molecule has 21 heavy (non-hydrogen) atoms. The molecule has 1 rings (SSSR count). The molecule has 1 aliphatic heterocycles. The van der Waals surface area contributed by atoms with Gasteiger partial charge in [0.25, 0.3) is 0 Å². The summed E-state index contributed by atoms with van der Waals surface area (Å²) in [5, 5.41) is 0. The first-order valence-electron chi connectivity index (χ1n) is 8.32. The molecule has 1 saturated heterocycles. The molecule has 4 nitrogen and oxygen atoms in total. The number of hydrogen-bond acceptors (Lipinski definition) is 4. The van der Waals surface area contributed by atoms with E-state index in [-0.39, 0.29) is 11.0 Å². The van der Waals surface area contributed by atoms with Gasteiger partial charge in [-0.2, -0.15) is 0 Å². The van der Waals surface area contributed by atoms with E-state index in [1.807, 2.05) is 0 Å². The van der Waals surface area contributed by atoms with Gasteiger partial charge in [0.05, 0.1) is 25.4 Å². The van der Waals surface area contributed by atoms with E-state index in [1.54, 1.807) is 0 Å². The van der Waals surface area contributed by atoms with E-state index >= 15 is 0 Å². The number of ether oxygens (including phenoxy) is 2. The largest absolute Gasteiger partial charge is 0.380 e. The van der Waals surface area contributed by atoms with Crippen LogP contribution in [0.3, 0.4) is 0 Å². The van der Waals surface area contributed by atoms with Crippen molar-refractivity contribution < 1.29 is 9.47 Å². The van der Waals surface area contributed by atoms with Gasteiger partial charge in [0.15, 0.2) is 0 Å². The van der Waals surface area contributed by atoms with Crippen molar-refractivity contribution in [2.75, 3.05) is 59.1 Å². The fourth-order valence-corrected chi connectivity index (χ4v) is 2.29. The van der Waals surface area contributed by atoms with Gasteiger partial charge >= 0.3 is 0 Å². The summed E-state index contributed by atoms with van der Waals surface area (Å²) in [6, 6.07) is 0. The molecule has 4 heteroatoms. The van der Waals surface area contributed by atoms with E-state index in [0.29, 0.717) is 0 Å². The molecular formula is C17H36N2O2. The summed E-state index contributed by atoms with van der Waals surface area (Å²) >= 11 is 0. The van der Waals surface area contributed by atoms with E-state index in [2.05, 4.69) is 51.3 Å². The lowest BCUT2D eigenvalue weighted by Crippen LogP contribution is -2.48. The lowest BCUT2D eigenvalue weighted by molar-refractivity contribution is -0.0193. The standard InChI is InChI=1S/C17H36N2O2/c1-16(2,3)15-20-13-11-18-7-9-19(10-8-18)12-14-21-17(4,5)6/h7-15H2,1-6H3. The molecular weight excluding hydrogens is 264 g/mol. The Labute approximate surface area is 131 Å². The zero-order chi connectivity index (χ0) is 15.9. The monoisotopic (exact) mass is 300 g/mol. The highest BCUT2D eigenvalue weighted by atomic mass is 16.5. The molecule has 0 radical (unpaired) electrons. The Morgan fingerprint density at radius 2 is 1.24 bits per heavy atom. The van der Waals surface area contributed by atoms with Crippen LogP contribution in [0.15, 0.2) is 0 Å². The first-order valence-corrected chi connectivity index (χ1v) is 8.32. The van der Waals surface area contributed by atoms with Gasteiger partial charge in [0.2, 0.25) is 0 Å². The molecule has 0 N–H and O–H groups in total. The molecule has 0 spiro atoms. The first kappa shape index (κ1) is 18.9. The van der Waals surface area contributed by atoms with Crippen molar-refractivity contribution >= 4 is 0 Å². The van der Waals surface area contributed by atoms with Gasteiger partial charge in [-0.15, -0.1) is 0 Å². The van der Waals surface area contributed by atoms with Crippen LogP contribution in [-0.2, 0) is 9.47 Å². The number of piperazine rings is 1. The fourth-order valence-electron chi connectivity index (χ4n) is 2.29. The van der Waals surface area contributed by atoms with Crippen LogP contribution in [0.2, 0.25) is 0 Å². The van der Waals surface area contributed by atoms with E-state index in [0.717, 1.165) is 59.1 Å². The van der Waals surface area contributed by atoms with Crippen LogP contribution in [0, 0.1) is 5.41 Å². The summed E-state index contributed by atoms with van der Waals surface area (Å²) in [7, 11) is 0. The predicted molar refractivity (Wildman–Crippen MR) is 88.9 cm³/mol. The highest BCUT2D eigenvalue weighted by Gasteiger charge is 2.18. The average molecular weight is 300 g/mol. The number of nitrogens with zero attached hydrogens (tertiary/aromatic N) is 2. The van der Waals surface area contributed by atoms with Crippen molar-refractivity contribution in [2.24, 2.45) is 5.41 Å². The van der Waals surface area contributed by atoms with Crippen molar-refractivity contribution in [2.45, 2.75) is 47.1 Å². The Hall–Kier alpha value is -0.160. The topological polar surface area (TPSA) is 24.9 Å². The van der Waals surface area contributed by atoms with E-state index in [1.165, 1.54) is 0 Å². The molecule has 0 saturated carbocycles. The Kier molecular flexibility index (Phi) is 7.62. The van der Waals surface area contributed by atoms with Crippen LogP contribution in [0.25, 0.3) is 0 Å². The first-order chi connectivity index (χ1) is 9.66. The van der Waals surface area contributed by atoms with Gasteiger partial charge in [0.1, 0.15) is 0 Å². The second-order valence-corrected chi connectivity index (χ2v) is 8.26. The Bertz CT molecular complexity index is 273. The van der Waals surface area contributed by atoms with Gasteiger partial charge < -0.3 is 9.47 Å². The molecule has 0 bridgehead atoms. The normalized spacial score (nSPS) is 19.1. The SMILES string of the molecule is CC(C)(C)COCCN1CCN(CCOC(C)(C)C)CC1. The summed E-state index contributed by atoms with van der Waals surface area (Å²) in [4.78, 5) is 5.00. The molecule has 0 aromatic rings. The zero-order valence-electron chi connectivity index (χ0n) is 15.1. The minimum atomic E-state index is -0.0216. The second kappa shape index (κ2) is 8.47. The highest BCUT2D eigenvalue weighted by molar-refractivity contribution is 4.72. The van der Waals surface area contributed by atoms with Gasteiger partial charge in [-0.3, -0.25) is 9.80 Å². The predicted octanol–water partition coefficient (Wildman–Crippen LogP) is 2.48. The molecule has 0 aromatic carbocycles. The summed E-state index contributed by atoms with van der Waals surface area (Å²) in [6.07, 6.45) is 0. The molecule has 1 heterocycles. The third-order valence-electron chi connectivity index (χ3n) is 3.49. The molecule has 0 atom stereocenters. The lowest BCUT2D eigenvalue weighted by Gasteiger charge is -2.35. The van der Waals surface area contributed by atoms with Crippen molar-refractivity contribution in [3.05, 3.63) is 0 Å². The number of rotatable bonds is 7. The van der Waals surface area contributed by atoms with Crippen LogP contribution in [0.1, 0.15) is 41.5 Å². The number of hydrogen-bond donors (Lipinski definition) is 0. The maximum atomic E-state index is 5.79. The smallest absolute Gasteiger partial charge is 0.0600 e. The van der Waals surface area contributed by atoms with Crippen LogP contribution in [-0.4, -0.2) is 74.5 Å². The summed E-state index contributed by atoms with van der Waals surface area (Å²) < 4.78 is 11.5. The maximum absolute atomic E-state index is 5.79. The summed E-state index contributed by atoms with van der Waals surface area (Å²) in [5.41, 5.74) is 0.248. The Balaban J connectivity index is 2.04. The molecule has 0 aliphatic carbocycles. The fraction of sp³-hybridized carbons (Fsp3) is 1.00. The van der Waals surface area contributed by atoms with Crippen molar-refractivity contribution in [1.82, 2.24) is 9.80 Å². The van der Waals surface area contributed by atoms with E-state index in [9.17, 15) is 0 Å². The van der Waals surface area contributed by atoms with Gasteiger partial charge in [-0.25, -0.2) is 0 Å². The Morgan fingerprint density at radius 3 is 1.67 bits per heavy atom. The minimum Gasteiger partial charge on any atom is -0.380 e. The van der Waals surface area contributed by atoms with Gasteiger partial charge in [-0.05, 0) is 26.2 Å². The van der Waals surface area contributed by atoms with E-state index in [4.69, 9.17) is 9.47 Å². The molecule has 0 aromatic heterocycles. The molecule has 126 valence electrons. The Morgan fingerprint density at radius 1 is 0.762 bits per heavy atom.